The lowest BCUT2D eigenvalue weighted by Gasteiger charge is -2.29. The van der Waals surface area contributed by atoms with Gasteiger partial charge < -0.3 is 19.9 Å². The summed E-state index contributed by atoms with van der Waals surface area (Å²) in [6.07, 6.45) is 3.71. The van der Waals surface area contributed by atoms with Gasteiger partial charge in [-0.05, 0) is 55.7 Å². The van der Waals surface area contributed by atoms with E-state index in [0.29, 0.717) is 17.1 Å². The highest BCUT2D eigenvalue weighted by Gasteiger charge is 2.17. The predicted molar refractivity (Wildman–Crippen MR) is 112 cm³/mol. The number of methoxy groups -OCH3 is 1. The molecule has 2 amide bonds. The molecule has 1 heterocycles. The summed E-state index contributed by atoms with van der Waals surface area (Å²) in [5.74, 6) is 0.226. The summed E-state index contributed by atoms with van der Waals surface area (Å²) in [5.41, 5.74) is 2.51. The number of hydrogen-bond donors (Lipinski definition) is 1. The van der Waals surface area contributed by atoms with Crippen LogP contribution in [0.3, 0.4) is 0 Å². The van der Waals surface area contributed by atoms with Crippen molar-refractivity contribution in [3.8, 4) is 5.75 Å². The van der Waals surface area contributed by atoms with Crippen LogP contribution in [0.4, 0.5) is 17.1 Å². The number of ether oxygens (including phenoxy) is 1. The molecule has 0 aliphatic carbocycles. The highest BCUT2D eigenvalue weighted by Crippen LogP contribution is 2.24. The molecule has 0 bridgehead atoms. The molecule has 2 aromatic carbocycles. The molecular weight excluding hydrogens is 354 g/mol. The van der Waals surface area contributed by atoms with Crippen LogP contribution in [0.2, 0.25) is 0 Å². The largest absolute Gasteiger partial charge is 0.497 e. The number of carbonyl (C=O) groups is 2. The maximum Gasteiger partial charge on any atom is 0.244 e. The first kappa shape index (κ1) is 19.7. The van der Waals surface area contributed by atoms with E-state index in [1.165, 1.54) is 31.1 Å². The van der Waals surface area contributed by atoms with Crippen LogP contribution in [0, 0.1) is 0 Å². The Labute approximate surface area is 166 Å². The molecule has 3 rings (SSSR count). The minimum absolute atomic E-state index is 0.0460. The van der Waals surface area contributed by atoms with Gasteiger partial charge in [-0.2, -0.15) is 0 Å². The van der Waals surface area contributed by atoms with Gasteiger partial charge in [-0.1, -0.05) is 6.07 Å². The first-order valence-corrected chi connectivity index (χ1v) is 9.64. The number of piperidine rings is 1. The second-order valence-electron chi connectivity index (χ2n) is 6.95. The van der Waals surface area contributed by atoms with Crippen LogP contribution < -0.4 is 19.9 Å². The highest BCUT2D eigenvalue weighted by atomic mass is 16.5. The van der Waals surface area contributed by atoms with Gasteiger partial charge in [0.1, 0.15) is 12.3 Å². The Balaban J connectivity index is 1.67. The highest BCUT2D eigenvalue weighted by molar-refractivity contribution is 6.01. The van der Waals surface area contributed by atoms with Crippen molar-refractivity contribution >= 4 is 28.9 Å². The number of carbonyl (C=O) groups excluding carboxylic acids is 2. The van der Waals surface area contributed by atoms with Crippen molar-refractivity contribution in [2.24, 2.45) is 0 Å². The summed E-state index contributed by atoms with van der Waals surface area (Å²) in [7, 11) is 1.58. The van der Waals surface area contributed by atoms with Gasteiger partial charge in [-0.25, -0.2) is 0 Å². The normalized spacial score (nSPS) is 13.7. The third-order valence-corrected chi connectivity index (χ3v) is 4.92. The molecule has 0 atom stereocenters. The van der Waals surface area contributed by atoms with E-state index in [9.17, 15) is 9.59 Å². The van der Waals surface area contributed by atoms with Gasteiger partial charge in [0.05, 0.1) is 7.11 Å². The lowest BCUT2D eigenvalue weighted by molar-refractivity contribution is -0.120. The first-order valence-electron chi connectivity index (χ1n) is 9.64. The van der Waals surface area contributed by atoms with Crippen molar-refractivity contribution in [3.05, 3.63) is 48.5 Å². The Morgan fingerprint density at radius 2 is 1.79 bits per heavy atom. The van der Waals surface area contributed by atoms with Gasteiger partial charge in [-0.3, -0.25) is 9.59 Å². The maximum absolute atomic E-state index is 12.5. The number of benzene rings is 2. The van der Waals surface area contributed by atoms with Gasteiger partial charge >= 0.3 is 0 Å². The third kappa shape index (κ3) is 5.03. The van der Waals surface area contributed by atoms with Gasteiger partial charge in [0, 0.05) is 43.1 Å². The Kier molecular flexibility index (Phi) is 6.53. The molecule has 0 radical (unpaired) electrons. The fraction of sp³-hybridized carbons (Fsp3) is 0.364. The second kappa shape index (κ2) is 9.26. The van der Waals surface area contributed by atoms with Crippen LogP contribution in [0.15, 0.2) is 48.5 Å². The molecule has 6 nitrogen and oxygen atoms in total. The van der Waals surface area contributed by atoms with Gasteiger partial charge in [0.25, 0.3) is 0 Å². The topological polar surface area (TPSA) is 61.9 Å². The summed E-state index contributed by atoms with van der Waals surface area (Å²) >= 11 is 0. The maximum atomic E-state index is 12.5. The van der Waals surface area contributed by atoms with Crippen LogP contribution in [-0.2, 0) is 9.59 Å². The molecule has 1 aliphatic heterocycles. The summed E-state index contributed by atoms with van der Waals surface area (Å²) in [6, 6.07) is 15.0. The molecule has 1 saturated heterocycles. The number of nitrogens with one attached hydrogen (secondary N) is 1. The molecule has 0 spiro atoms. The van der Waals surface area contributed by atoms with E-state index in [1.54, 1.807) is 31.4 Å². The van der Waals surface area contributed by atoms with Crippen LogP contribution in [0.1, 0.15) is 26.2 Å². The smallest absolute Gasteiger partial charge is 0.244 e. The third-order valence-electron chi connectivity index (χ3n) is 4.92. The van der Waals surface area contributed by atoms with Crippen molar-refractivity contribution in [1.82, 2.24) is 0 Å². The standard InChI is InChI=1S/C22H27N3O3/c1-17(26)25(16-22(27)23-18-7-6-8-21(15-18)28-2)20-11-9-19(10-12-20)24-13-4-3-5-14-24/h6-12,15H,3-5,13-14,16H2,1-2H3,(H,23,27). The second-order valence-corrected chi connectivity index (χ2v) is 6.95. The van der Waals surface area contributed by atoms with E-state index < -0.39 is 0 Å². The zero-order valence-electron chi connectivity index (χ0n) is 16.5. The molecule has 28 heavy (non-hydrogen) atoms. The Morgan fingerprint density at radius 1 is 1.07 bits per heavy atom. The lowest BCUT2D eigenvalue weighted by Crippen LogP contribution is -2.36. The first-order chi connectivity index (χ1) is 13.6. The molecule has 1 fully saturated rings. The van der Waals surface area contributed by atoms with E-state index in [1.807, 2.05) is 24.3 Å². The quantitative estimate of drug-likeness (QED) is 0.829. The van der Waals surface area contributed by atoms with E-state index in [2.05, 4.69) is 10.2 Å². The summed E-state index contributed by atoms with van der Waals surface area (Å²) in [6.45, 7) is 3.56. The molecule has 1 N–H and O–H groups in total. The van der Waals surface area contributed by atoms with Gasteiger partial charge in [0.15, 0.2) is 0 Å². The zero-order valence-corrected chi connectivity index (χ0v) is 16.5. The van der Waals surface area contributed by atoms with E-state index in [4.69, 9.17) is 4.74 Å². The Bertz CT molecular complexity index is 814. The number of rotatable bonds is 6. The lowest BCUT2D eigenvalue weighted by atomic mass is 10.1. The van der Waals surface area contributed by atoms with Crippen molar-refractivity contribution in [2.45, 2.75) is 26.2 Å². The van der Waals surface area contributed by atoms with Crippen molar-refractivity contribution in [3.63, 3.8) is 0 Å². The zero-order chi connectivity index (χ0) is 19.9. The van der Waals surface area contributed by atoms with Crippen LogP contribution >= 0.6 is 0 Å². The number of hydrogen-bond acceptors (Lipinski definition) is 4. The number of anilines is 3. The summed E-state index contributed by atoms with van der Waals surface area (Å²) in [4.78, 5) is 28.4. The van der Waals surface area contributed by atoms with Crippen LogP contribution in [0.5, 0.6) is 5.75 Å². The molecule has 0 aromatic heterocycles. The SMILES string of the molecule is COc1cccc(NC(=O)CN(C(C)=O)c2ccc(N3CCCCC3)cc2)c1. The number of amides is 2. The average molecular weight is 381 g/mol. The van der Waals surface area contributed by atoms with Crippen molar-refractivity contribution in [1.29, 1.82) is 0 Å². The van der Waals surface area contributed by atoms with Crippen LogP contribution in [0.25, 0.3) is 0 Å². The summed E-state index contributed by atoms with van der Waals surface area (Å²) in [5, 5.41) is 2.81. The Hall–Kier alpha value is -3.02. The van der Waals surface area contributed by atoms with E-state index >= 15 is 0 Å². The van der Waals surface area contributed by atoms with Gasteiger partial charge in [-0.15, -0.1) is 0 Å². The van der Waals surface area contributed by atoms with Crippen molar-refractivity contribution in [2.75, 3.05) is 41.9 Å². The minimum atomic E-state index is -0.261. The van der Waals surface area contributed by atoms with E-state index in [0.717, 1.165) is 18.8 Å². The summed E-state index contributed by atoms with van der Waals surface area (Å²) < 4.78 is 5.17. The molecular formula is C22H27N3O3. The molecule has 1 aliphatic rings. The van der Waals surface area contributed by atoms with Crippen molar-refractivity contribution < 1.29 is 14.3 Å². The Morgan fingerprint density at radius 3 is 2.43 bits per heavy atom. The number of nitrogens with zero attached hydrogens (tertiary/aromatic N) is 2. The molecule has 2 aromatic rings. The molecule has 0 saturated carbocycles. The fourth-order valence-corrected chi connectivity index (χ4v) is 3.42. The minimum Gasteiger partial charge on any atom is -0.497 e. The van der Waals surface area contributed by atoms with Crippen LogP contribution in [-0.4, -0.2) is 38.6 Å². The molecule has 6 heteroatoms. The molecule has 0 unspecified atom stereocenters. The van der Waals surface area contributed by atoms with E-state index in [-0.39, 0.29) is 18.4 Å². The fourth-order valence-electron chi connectivity index (χ4n) is 3.42. The monoisotopic (exact) mass is 381 g/mol. The predicted octanol–water partition coefficient (Wildman–Crippen LogP) is 3.68. The van der Waals surface area contributed by atoms with Gasteiger partial charge in [0.2, 0.25) is 11.8 Å². The average Bonchev–Trinajstić information content (AvgIpc) is 2.73. The molecule has 148 valence electrons.